The Kier molecular flexibility index (Phi) is 2.96. The molecule has 4 aromatic rings. The highest BCUT2D eigenvalue weighted by Crippen LogP contribution is 2.31. The number of hydrogen-bond acceptors (Lipinski definition) is 5. The molecule has 1 N–H and O–H groups in total. The van der Waals surface area contributed by atoms with Gasteiger partial charge in [0.15, 0.2) is 11.4 Å². The van der Waals surface area contributed by atoms with Gasteiger partial charge in [-0.2, -0.15) is 0 Å². The summed E-state index contributed by atoms with van der Waals surface area (Å²) >= 11 is 0. The van der Waals surface area contributed by atoms with Crippen LogP contribution in [-0.4, -0.2) is 15.0 Å². The minimum Gasteiger partial charge on any atom is -0.450 e. The van der Waals surface area contributed by atoms with Gasteiger partial charge in [-0.1, -0.05) is 18.2 Å². The average molecular weight is 290 g/mol. The fourth-order valence-corrected chi connectivity index (χ4v) is 2.54. The Balaban J connectivity index is 1.79. The highest BCUT2D eigenvalue weighted by atomic mass is 16.3. The molecule has 5 nitrogen and oxygen atoms in total. The third-order valence-corrected chi connectivity index (χ3v) is 3.64. The van der Waals surface area contributed by atoms with E-state index in [1.165, 1.54) is 0 Å². The first-order valence-electron chi connectivity index (χ1n) is 7.12. The monoisotopic (exact) mass is 290 g/mol. The summed E-state index contributed by atoms with van der Waals surface area (Å²) in [5.74, 6) is 0.680. The standard InChI is InChI=1S/C17H14N4O/c1-11(13-7-4-5-9-18-13)21-17-16-15(19-10-20-17)12-6-2-3-8-14(12)22-16/h2-11H,1H3,(H,19,20,21)/t11-/m0/s1. The van der Waals surface area contributed by atoms with Gasteiger partial charge in [0.05, 0.1) is 11.7 Å². The van der Waals surface area contributed by atoms with Gasteiger partial charge in [-0.3, -0.25) is 4.98 Å². The molecule has 0 amide bonds. The number of anilines is 1. The van der Waals surface area contributed by atoms with Gasteiger partial charge in [-0.15, -0.1) is 0 Å². The first kappa shape index (κ1) is 12.8. The van der Waals surface area contributed by atoms with Crippen LogP contribution in [0, 0.1) is 0 Å². The minimum atomic E-state index is 0.0208. The number of furan rings is 1. The van der Waals surface area contributed by atoms with E-state index in [-0.39, 0.29) is 6.04 Å². The molecule has 0 saturated carbocycles. The van der Waals surface area contributed by atoms with E-state index >= 15 is 0 Å². The molecule has 22 heavy (non-hydrogen) atoms. The Morgan fingerprint density at radius 2 is 1.86 bits per heavy atom. The number of para-hydroxylation sites is 1. The molecule has 3 heterocycles. The van der Waals surface area contributed by atoms with Crippen LogP contribution in [0.4, 0.5) is 5.82 Å². The fraction of sp³-hybridized carbons (Fsp3) is 0.118. The van der Waals surface area contributed by atoms with Crippen molar-refractivity contribution in [1.29, 1.82) is 0 Å². The number of pyridine rings is 1. The van der Waals surface area contributed by atoms with E-state index in [9.17, 15) is 0 Å². The smallest absolute Gasteiger partial charge is 0.196 e. The third-order valence-electron chi connectivity index (χ3n) is 3.64. The van der Waals surface area contributed by atoms with Crippen LogP contribution >= 0.6 is 0 Å². The second-order valence-corrected chi connectivity index (χ2v) is 5.12. The summed E-state index contributed by atoms with van der Waals surface area (Å²) in [5, 5.41) is 4.35. The van der Waals surface area contributed by atoms with E-state index < -0.39 is 0 Å². The van der Waals surface area contributed by atoms with Crippen LogP contribution < -0.4 is 5.32 Å². The highest BCUT2D eigenvalue weighted by molar-refractivity contribution is 6.05. The average Bonchev–Trinajstić information content (AvgIpc) is 2.95. The summed E-state index contributed by atoms with van der Waals surface area (Å²) in [6, 6.07) is 13.7. The third kappa shape index (κ3) is 2.07. The first-order chi connectivity index (χ1) is 10.8. The topological polar surface area (TPSA) is 63.8 Å². The van der Waals surface area contributed by atoms with Gasteiger partial charge >= 0.3 is 0 Å². The number of benzene rings is 1. The van der Waals surface area contributed by atoms with Crippen molar-refractivity contribution < 1.29 is 4.42 Å². The van der Waals surface area contributed by atoms with Gasteiger partial charge in [0, 0.05) is 11.6 Å². The van der Waals surface area contributed by atoms with E-state index in [1.54, 1.807) is 12.5 Å². The van der Waals surface area contributed by atoms with E-state index in [0.717, 1.165) is 22.2 Å². The van der Waals surface area contributed by atoms with Crippen molar-refractivity contribution in [2.24, 2.45) is 0 Å². The maximum atomic E-state index is 5.91. The second kappa shape index (κ2) is 5.11. The molecule has 108 valence electrons. The molecular formula is C17H14N4O. The Hall–Kier alpha value is -2.95. The van der Waals surface area contributed by atoms with Crippen molar-refractivity contribution in [3.8, 4) is 0 Å². The molecule has 0 radical (unpaired) electrons. The fourth-order valence-electron chi connectivity index (χ4n) is 2.54. The maximum Gasteiger partial charge on any atom is 0.196 e. The zero-order valence-corrected chi connectivity index (χ0v) is 12.0. The lowest BCUT2D eigenvalue weighted by Gasteiger charge is -2.13. The molecule has 1 aromatic carbocycles. The van der Waals surface area contributed by atoms with Crippen molar-refractivity contribution in [2.75, 3.05) is 5.32 Å². The number of rotatable bonds is 3. The molecule has 0 spiro atoms. The zero-order chi connectivity index (χ0) is 14.9. The van der Waals surface area contributed by atoms with Crippen molar-refractivity contribution in [3.63, 3.8) is 0 Å². The van der Waals surface area contributed by atoms with Crippen molar-refractivity contribution in [2.45, 2.75) is 13.0 Å². The van der Waals surface area contributed by atoms with Crippen LogP contribution in [0.15, 0.2) is 59.4 Å². The van der Waals surface area contributed by atoms with Crippen LogP contribution in [0.25, 0.3) is 22.1 Å². The van der Waals surface area contributed by atoms with Crippen LogP contribution in [0.2, 0.25) is 0 Å². The molecule has 1 atom stereocenters. The van der Waals surface area contributed by atoms with Gasteiger partial charge in [0.25, 0.3) is 0 Å². The minimum absolute atomic E-state index is 0.0208. The lowest BCUT2D eigenvalue weighted by Crippen LogP contribution is -2.09. The lowest BCUT2D eigenvalue weighted by molar-refractivity contribution is 0.664. The van der Waals surface area contributed by atoms with Gasteiger partial charge in [0.1, 0.15) is 17.4 Å². The zero-order valence-electron chi connectivity index (χ0n) is 12.0. The molecule has 0 bridgehead atoms. The highest BCUT2D eigenvalue weighted by Gasteiger charge is 2.15. The van der Waals surface area contributed by atoms with E-state index in [1.807, 2.05) is 49.4 Å². The Morgan fingerprint density at radius 3 is 2.73 bits per heavy atom. The quantitative estimate of drug-likeness (QED) is 0.619. The lowest BCUT2D eigenvalue weighted by atomic mass is 10.2. The van der Waals surface area contributed by atoms with E-state index in [4.69, 9.17) is 4.42 Å². The van der Waals surface area contributed by atoms with Gasteiger partial charge in [0.2, 0.25) is 0 Å². The largest absolute Gasteiger partial charge is 0.450 e. The summed E-state index contributed by atoms with van der Waals surface area (Å²) in [5.41, 5.74) is 3.25. The van der Waals surface area contributed by atoms with Crippen LogP contribution in [0.3, 0.4) is 0 Å². The molecule has 5 heteroatoms. The molecule has 0 aliphatic carbocycles. The van der Waals surface area contributed by atoms with Crippen LogP contribution in [0.5, 0.6) is 0 Å². The summed E-state index contributed by atoms with van der Waals surface area (Å²) in [7, 11) is 0. The number of aromatic nitrogens is 3. The summed E-state index contributed by atoms with van der Waals surface area (Å²) < 4.78 is 5.91. The predicted molar refractivity (Wildman–Crippen MR) is 85.6 cm³/mol. The van der Waals surface area contributed by atoms with Gasteiger partial charge in [-0.25, -0.2) is 9.97 Å². The molecule has 0 saturated heterocycles. The first-order valence-corrected chi connectivity index (χ1v) is 7.12. The second-order valence-electron chi connectivity index (χ2n) is 5.12. The Morgan fingerprint density at radius 1 is 1.00 bits per heavy atom. The van der Waals surface area contributed by atoms with E-state index in [2.05, 4.69) is 20.3 Å². The van der Waals surface area contributed by atoms with Gasteiger partial charge < -0.3 is 9.73 Å². The van der Waals surface area contributed by atoms with E-state index in [0.29, 0.717) is 11.4 Å². The SMILES string of the molecule is C[C@H](Nc1ncnc2c1oc1ccccc12)c1ccccn1. The Bertz CT molecular complexity index is 933. The Labute approximate surface area is 127 Å². The predicted octanol–water partition coefficient (Wildman–Crippen LogP) is 3.94. The summed E-state index contributed by atoms with van der Waals surface area (Å²) in [6.07, 6.45) is 3.34. The molecule has 3 aromatic heterocycles. The molecule has 0 unspecified atom stereocenters. The maximum absolute atomic E-state index is 5.91. The molecule has 0 fully saturated rings. The van der Waals surface area contributed by atoms with Crippen LogP contribution in [0.1, 0.15) is 18.7 Å². The summed E-state index contributed by atoms with van der Waals surface area (Å²) in [6.45, 7) is 2.04. The summed E-state index contributed by atoms with van der Waals surface area (Å²) in [4.78, 5) is 13.0. The molecular weight excluding hydrogens is 276 g/mol. The molecule has 4 rings (SSSR count). The molecule has 0 aliphatic heterocycles. The number of nitrogens with zero attached hydrogens (tertiary/aromatic N) is 3. The van der Waals surface area contributed by atoms with Crippen molar-refractivity contribution in [3.05, 3.63) is 60.7 Å². The molecule has 0 aliphatic rings. The number of fused-ring (bicyclic) bond motifs is 3. The van der Waals surface area contributed by atoms with Crippen molar-refractivity contribution >= 4 is 27.9 Å². The van der Waals surface area contributed by atoms with Gasteiger partial charge in [-0.05, 0) is 31.2 Å². The normalized spacial score (nSPS) is 12.6. The number of hydrogen-bond donors (Lipinski definition) is 1. The van der Waals surface area contributed by atoms with Crippen molar-refractivity contribution in [1.82, 2.24) is 15.0 Å². The van der Waals surface area contributed by atoms with Crippen LogP contribution in [-0.2, 0) is 0 Å². The number of nitrogens with one attached hydrogen (secondary N) is 1.